The number of benzene rings is 2. The van der Waals surface area contributed by atoms with E-state index in [-0.39, 0.29) is 5.56 Å². The van der Waals surface area contributed by atoms with Crippen LogP contribution < -0.4 is 41.6 Å². The molecule has 1 heterocycles. The number of aliphatic imine (C=N–C) groups is 1. The van der Waals surface area contributed by atoms with E-state index in [2.05, 4.69) is 28.1 Å². The first-order chi connectivity index (χ1) is 20.6. The summed E-state index contributed by atoms with van der Waals surface area (Å²) in [5.74, 6) is 2.06. The molecule has 3 aromatic rings. The zero-order chi connectivity index (χ0) is 32.1. The Bertz CT molecular complexity index is 1540. The highest BCUT2D eigenvalue weighted by molar-refractivity contribution is 5.97. The summed E-state index contributed by atoms with van der Waals surface area (Å²) >= 11 is 0. The van der Waals surface area contributed by atoms with E-state index in [1.807, 2.05) is 84.4 Å². The third-order valence-corrected chi connectivity index (χ3v) is 6.87. The number of nitrogens with zero attached hydrogens (tertiary/aromatic N) is 4. The Morgan fingerprint density at radius 1 is 1.05 bits per heavy atom. The molecule has 0 atom stereocenters. The van der Waals surface area contributed by atoms with Gasteiger partial charge in [-0.3, -0.25) is 4.79 Å². The number of amidine groups is 1. The summed E-state index contributed by atoms with van der Waals surface area (Å²) in [5, 5.41) is 5.01. The molecular formula is C34H50N6O3. The Labute approximate surface area is 256 Å². The maximum atomic E-state index is 13.3. The summed E-state index contributed by atoms with van der Waals surface area (Å²) in [6.45, 7) is 9.73. The largest absolute Gasteiger partial charge is 0.497 e. The molecule has 0 saturated carbocycles. The van der Waals surface area contributed by atoms with Gasteiger partial charge < -0.3 is 34.9 Å². The first-order valence-corrected chi connectivity index (χ1v) is 14.8. The lowest BCUT2D eigenvalue weighted by molar-refractivity contribution is 0.413. The van der Waals surface area contributed by atoms with Crippen molar-refractivity contribution in [1.29, 1.82) is 0 Å². The van der Waals surface area contributed by atoms with Crippen LogP contribution in [0, 0.1) is 0 Å². The second-order valence-corrected chi connectivity index (χ2v) is 10.3. The molecule has 0 unspecified atom stereocenters. The molecular weight excluding hydrogens is 540 g/mol. The van der Waals surface area contributed by atoms with Crippen molar-refractivity contribution in [3.05, 3.63) is 63.4 Å². The van der Waals surface area contributed by atoms with Crippen molar-refractivity contribution in [3.8, 4) is 22.6 Å². The highest BCUT2D eigenvalue weighted by atomic mass is 16.5. The molecule has 0 bridgehead atoms. The number of anilines is 3. The van der Waals surface area contributed by atoms with Crippen molar-refractivity contribution in [1.82, 2.24) is 9.47 Å². The highest BCUT2D eigenvalue weighted by Crippen LogP contribution is 2.35. The number of methoxy groups -OCH3 is 2. The zero-order valence-corrected chi connectivity index (χ0v) is 27.6. The van der Waals surface area contributed by atoms with E-state index in [1.165, 1.54) is 0 Å². The Balaban J connectivity index is 0.00000316. The van der Waals surface area contributed by atoms with Crippen LogP contribution >= 0.6 is 0 Å². The molecule has 0 spiro atoms. The minimum absolute atomic E-state index is 0.0654. The monoisotopic (exact) mass is 590 g/mol. The number of aromatic nitrogens is 1. The van der Waals surface area contributed by atoms with Crippen LogP contribution in [0.15, 0.2) is 52.3 Å². The second-order valence-electron chi connectivity index (χ2n) is 10.3. The van der Waals surface area contributed by atoms with E-state index >= 15 is 0 Å². The SMILES string of the molecule is CC.CCC/C=c1/c(=C\N=C(C)Nc2cc(N)c(N(C)CCN(C)C)cc2OC)cc(-c2ccc(OC)cc2)c(=O)n1C. The van der Waals surface area contributed by atoms with Crippen LogP contribution in [-0.2, 0) is 7.05 Å². The number of nitrogens with two attached hydrogens (primary N) is 1. The minimum Gasteiger partial charge on any atom is -0.497 e. The maximum Gasteiger partial charge on any atom is 0.258 e. The van der Waals surface area contributed by atoms with Gasteiger partial charge >= 0.3 is 0 Å². The third kappa shape index (κ3) is 9.38. The number of nitrogens with one attached hydrogen (secondary N) is 1. The van der Waals surface area contributed by atoms with Crippen LogP contribution in [0.1, 0.15) is 40.5 Å². The fraction of sp³-hybridized carbons (Fsp3) is 0.412. The molecule has 1 aromatic heterocycles. The van der Waals surface area contributed by atoms with E-state index in [4.69, 9.17) is 20.2 Å². The Morgan fingerprint density at radius 2 is 1.72 bits per heavy atom. The minimum atomic E-state index is -0.0654. The molecule has 9 heteroatoms. The molecule has 3 rings (SSSR count). The van der Waals surface area contributed by atoms with Crippen molar-refractivity contribution in [3.63, 3.8) is 0 Å². The van der Waals surface area contributed by atoms with Crippen molar-refractivity contribution in [2.75, 3.05) is 64.4 Å². The molecule has 9 nitrogen and oxygen atoms in total. The Hall–Kier alpha value is -4.24. The smallest absolute Gasteiger partial charge is 0.258 e. The maximum absolute atomic E-state index is 13.3. The lowest BCUT2D eigenvalue weighted by atomic mass is 10.1. The number of nitrogen functional groups attached to an aromatic ring is 1. The lowest BCUT2D eigenvalue weighted by Gasteiger charge is -2.24. The molecule has 234 valence electrons. The van der Waals surface area contributed by atoms with Gasteiger partial charge in [0.05, 0.1) is 31.3 Å². The topological polar surface area (TPSA) is 97.4 Å². The molecule has 0 saturated heterocycles. The number of hydrogen-bond acceptors (Lipinski definition) is 7. The van der Waals surface area contributed by atoms with Crippen LogP contribution in [0.3, 0.4) is 0 Å². The molecule has 43 heavy (non-hydrogen) atoms. The van der Waals surface area contributed by atoms with Crippen molar-refractivity contribution >= 4 is 35.2 Å². The molecule has 0 radical (unpaired) electrons. The van der Waals surface area contributed by atoms with Crippen molar-refractivity contribution in [2.45, 2.75) is 40.5 Å². The average Bonchev–Trinajstić information content (AvgIpc) is 3.01. The van der Waals surface area contributed by atoms with E-state index in [1.54, 1.807) is 32.0 Å². The number of ether oxygens (including phenoxy) is 2. The van der Waals surface area contributed by atoms with E-state index in [0.717, 1.165) is 59.2 Å². The zero-order valence-electron chi connectivity index (χ0n) is 27.6. The van der Waals surface area contributed by atoms with Gasteiger partial charge in [0.1, 0.15) is 17.3 Å². The van der Waals surface area contributed by atoms with E-state index < -0.39 is 0 Å². The van der Waals surface area contributed by atoms with Crippen LogP contribution in [0.2, 0.25) is 0 Å². The average molecular weight is 591 g/mol. The standard InChI is InChI=1S/C32H44N6O3.C2H6/c1-9-10-11-29-24(18-26(32(39)38(29)6)23-12-14-25(40-7)15-13-23)21-34-22(2)35-28-19-27(33)30(20-31(28)41-8)37(5)17-16-36(3)4;1-2/h11-15,18-21H,9-10,16-17,33H2,1-8H3,(H,34,35);1-2H3/b24-21-,29-11-;. The van der Waals surface area contributed by atoms with Gasteiger partial charge in [0, 0.05) is 55.6 Å². The van der Waals surface area contributed by atoms with Crippen molar-refractivity contribution < 1.29 is 9.47 Å². The number of pyridine rings is 1. The van der Waals surface area contributed by atoms with Gasteiger partial charge in [0.15, 0.2) is 0 Å². The van der Waals surface area contributed by atoms with Crippen LogP contribution in [-0.4, -0.2) is 63.8 Å². The third-order valence-electron chi connectivity index (χ3n) is 6.87. The predicted octanol–water partition coefficient (Wildman–Crippen LogP) is 4.52. The first-order valence-electron chi connectivity index (χ1n) is 14.8. The molecule has 3 N–H and O–H groups in total. The first kappa shape index (κ1) is 35.0. The summed E-state index contributed by atoms with van der Waals surface area (Å²) < 4.78 is 12.7. The van der Waals surface area contributed by atoms with Gasteiger partial charge in [-0.15, -0.1) is 0 Å². The quantitative estimate of drug-likeness (QED) is 0.193. The number of hydrogen-bond donors (Lipinski definition) is 2. The normalized spacial score (nSPS) is 12.2. The van der Waals surface area contributed by atoms with Crippen LogP contribution in [0.5, 0.6) is 11.5 Å². The molecule has 0 fully saturated rings. The van der Waals surface area contributed by atoms with Crippen molar-refractivity contribution in [2.24, 2.45) is 12.0 Å². The fourth-order valence-electron chi connectivity index (χ4n) is 4.44. The van der Waals surface area contributed by atoms with Crippen LogP contribution in [0.25, 0.3) is 23.4 Å². The van der Waals surface area contributed by atoms with E-state index in [9.17, 15) is 4.79 Å². The van der Waals surface area contributed by atoms with Gasteiger partial charge in [-0.2, -0.15) is 0 Å². The predicted molar refractivity (Wildman–Crippen MR) is 184 cm³/mol. The summed E-state index contributed by atoms with van der Waals surface area (Å²) in [4.78, 5) is 22.3. The number of rotatable bonds is 11. The second kappa shape index (κ2) is 17.0. The fourth-order valence-corrected chi connectivity index (χ4v) is 4.44. The van der Waals surface area contributed by atoms with Gasteiger partial charge in [-0.1, -0.05) is 45.4 Å². The van der Waals surface area contributed by atoms with Gasteiger partial charge in [-0.05, 0) is 57.3 Å². The van der Waals surface area contributed by atoms with E-state index in [0.29, 0.717) is 22.8 Å². The summed E-state index contributed by atoms with van der Waals surface area (Å²) in [7, 11) is 11.2. The number of likely N-dealkylation sites (N-methyl/N-ethyl adjacent to an activating group) is 2. The Kier molecular flexibility index (Phi) is 13.8. The van der Waals surface area contributed by atoms with Gasteiger partial charge in [0.2, 0.25) is 0 Å². The summed E-state index contributed by atoms with van der Waals surface area (Å²) in [6, 6.07) is 13.2. The molecule has 0 aliphatic heterocycles. The molecule has 0 amide bonds. The molecule has 0 aliphatic carbocycles. The lowest BCUT2D eigenvalue weighted by Crippen LogP contribution is -2.42. The molecule has 2 aromatic carbocycles. The highest BCUT2D eigenvalue weighted by Gasteiger charge is 2.13. The van der Waals surface area contributed by atoms with Gasteiger partial charge in [-0.25, -0.2) is 4.99 Å². The summed E-state index contributed by atoms with van der Waals surface area (Å²) in [5.41, 5.74) is 10.1. The molecule has 0 aliphatic rings. The van der Waals surface area contributed by atoms with Gasteiger partial charge in [0.25, 0.3) is 5.56 Å². The summed E-state index contributed by atoms with van der Waals surface area (Å²) in [6.07, 6.45) is 5.69. The number of unbranched alkanes of at least 4 members (excludes halogenated alkanes) is 1. The Morgan fingerprint density at radius 3 is 2.30 bits per heavy atom. The van der Waals surface area contributed by atoms with Crippen LogP contribution in [0.4, 0.5) is 17.1 Å².